The zero-order chi connectivity index (χ0) is 28.5. The lowest BCUT2D eigenvalue weighted by molar-refractivity contribution is -0.0592. The second kappa shape index (κ2) is 11.8. The number of halogens is 1. The average Bonchev–Trinajstić information content (AvgIpc) is 3.33. The molecule has 1 unspecified atom stereocenters. The number of imidazole rings is 1. The lowest BCUT2D eigenvalue weighted by Crippen LogP contribution is -2.35. The van der Waals surface area contributed by atoms with Crippen molar-refractivity contribution < 1.29 is 14.3 Å². The molecule has 9 heteroatoms. The van der Waals surface area contributed by atoms with Crippen LogP contribution in [0.25, 0.3) is 21.9 Å². The van der Waals surface area contributed by atoms with Gasteiger partial charge >= 0.3 is 0 Å². The molecule has 0 radical (unpaired) electrons. The number of likely N-dealkylation sites (tertiary alicyclic amines) is 1. The van der Waals surface area contributed by atoms with Crippen LogP contribution in [0.5, 0.6) is 5.88 Å². The number of carbonyl (C=O) groups excluding carboxylic acids is 1. The van der Waals surface area contributed by atoms with Crippen LogP contribution < -0.4 is 4.74 Å². The summed E-state index contributed by atoms with van der Waals surface area (Å²) in [6.45, 7) is 4.70. The molecule has 2 aromatic carbocycles. The van der Waals surface area contributed by atoms with E-state index in [0.717, 1.165) is 97.4 Å². The summed E-state index contributed by atoms with van der Waals surface area (Å²) in [5, 5.41) is 1.70. The molecule has 42 heavy (non-hydrogen) atoms. The first-order valence-corrected chi connectivity index (χ1v) is 14.9. The van der Waals surface area contributed by atoms with Crippen LogP contribution in [0.1, 0.15) is 52.6 Å². The SMILES string of the molecule is O=Cc1ccc2nc(CN3CCC(c4cccc(OCc5ccnc6cc(Cl)ccc56)n4)CC3)n(CC3CCO3)c2c1. The summed E-state index contributed by atoms with van der Waals surface area (Å²) in [5.41, 5.74) is 5.58. The topological polar surface area (TPSA) is 82.4 Å². The summed E-state index contributed by atoms with van der Waals surface area (Å²) in [4.78, 5) is 28.2. The zero-order valence-corrected chi connectivity index (χ0v) is 24.0. The Hall–Kier alpha value is -3.85. The fraction of sp³-hybridized carbons (Fsp3) is 0.333. The van der Waals surface area contributed by atoms with Crippen LogP contribution in [0.3, 0.4) is 0 Å². The number of pyridine rings is 2. The third kappa shape index (κ3) is 5.62. The van der Waals surface area contributed by atoms with E-state index in [1.807, 2.05) is 54.6 Å². The Morgan fingerprint density at radius 1 is 1.00 bits per heavy atom. The zero-order valence-electron chi connectivity index (χ0n) is 23.3. The molecule has 214 valence electrons. The van der Waals surface area contributed by atoms with Gasteiger partial charge in [-0.2, -0.15) is 0 Å². The first kappa shape index (κ1) is 27.0. The van der Waals surface area contributed by atoms with Gasteiger partial charge in [0.05, 0.1) is 35.7 Å². The standard InChI is InChI=1S/C33H32ClN5O3/c34-25-5-6-27-24(8-12-35-30(27)17-25)21-42-33-3-1-2-28(37-33)23-9-13-38(14-10-23)19-32-36-29-7-4-22(20-40)16-31(29)39(32)18-26-11-15-41-26/h1-8,12,16-17,20,23,26H,9-11,13-15,18-19,21H2. The van der Waals surface area contributed by atoms with E-state index in [-0.39, 0.29) is 6.10 Å². The van der Waals surface area contributed by atoms with Crippen molar-refractivity contribution in [3.8, 4) is 5.88 Å². The second-order valence-electron chi connectivity index (χ2n) is 11.2. The molecule has 0 spiro atoms. The molecule has 5 aromatic rings. The van der Waals surface area contributed by atoms with Gasteiger partial charge in [0.1, 0.15) is 18.7 Å². The molecule has 2 fully saturated rings. The van der Waals surface area contributed by atoms with Crippen LogP contribution in [0.4, 0.5) is 0 Å². The van der Waals surface area contributed by atoms with Gasteiger partial charge in [-0.3, -0.25) is 14.7 Å². The van der Waals surface area contributed by atoms with E-state index in [1.54, 1.807) is 6.20 Å². The maximum atomic E-state index is 11.4. The number of hydrogen-bond acceptors (Lipinski definition) is 7. The van der Waals surface area contributed by atoms with E-state index in [4.69, 9.17) is 31.0 Å². The molecule has 2 saturated heterocycles. The van der Waals surface area contributed by atoms with Crippen molar-refractivity contribution in [3.63, 3.8) is 0 Å². The van der Waals surface area contributed by atoms with Gasteiger partial charge in [0, 0.05) is 52.0 Å². The van der Waals surface area contributed by atoms with Crippen LogP contribution in [0.2, 0.25) is 5.02 Å². The van der Waals surface area contributed by atoms with Crippen molar-refractivity contribution in [2.75, 3.05) is 19.7 Å². The second-order valence-corrected chi connectivity index (χ2v) is 11.6. The Bertz CT molecular complexity index is 1740. The predicted molar refractivity (Wildman–Crippen MR) is 162 cm³/mol. The number of rotatable bonds is 9. The van der Waals surface area contributed by atoms with E-state index >= 15 is 0 Å². The summed E-state index contributed by atoms with van der Waals surface area (Å²) in [7, 11) is 0. The third-order valence-electron chi connectivity index (χ3n) is 8.45. The van der Waals surface area contributed by atoms with Gasteiger partial charge in [0.2, 0.25) is 5.88 Å². The maximum absolute atomic E-state index is 11.4. The third-order valence-corrected chi connectivity index (χ3v) is 8.69. The molecular weight excluding hydrogens is 550 g/mol. The largest absolute Gasteiger partial charge is 0.473 e. The number of piperidine rings is 1. The summed E-state index contributed by atoms with van der Waals surface area (Å²) in [6.07, 6.45) is 5.99. The van der Waals surface area contributed by atoms with Gasteiger partial charge in [0.15, 0.2) is 0 Å². The maximum Gasteiger partial charge on any atom is 0.213 e. The van der Waals surface area contributed by atoms with E-state index < -0.39 is 0 Å². The highest BCUT2D eigenvalue weighted by atomic mass is 35.5. The summed E-state index contributed by atoms with van der Waals surface area (Å²) >= 11 is 6.14. The molecule has 0 aliphatic carbocycles. The highest BCUT2D eigenvalue weighted by Crippen LogP contribution is 2.30. The number of fused-ring (bicyclic) bond motifs is 2. The van der Waals surface area contributed by atoms with Gasteiger partial charge < -0.3 is 14.0 Å². The van der Waals surface area contributed by atoms with E-state index in [1.165, 1.54) is 0 Å². The van der Waals surface area contributed by atoms with Crippen molar-refractivity contribution in [1.29, 1.82) is 0 Å². The fourth-order valence-electron chi connectivity index (χ4n) is 6.00. The Balaban J connectivity index is 1.01. The molecule has 0 bridgehead atoms. The Labute approximate surface area is 249 Å². The minimum atomic E-state index is 0.211. The van der Waals surface area contributed by atoms with Crippen molar-refractivity contribution in [2.24, 2.45) is 0 Å². The Morgan fingerprint density at radius 2 is 1.88 bits per heavy atom. The normalized spacial score (nSPS) is 17.9. The molecule has 7 rings (SSSR count). The van der Waals surface area contributed by atoms with E-state index in [9.17, 15) is 4.79 Å². The van der Waals surface area contributed by atoms with Crippen LogP contribution in [0, 0.1) is 0 Å². The van der Waals surface area contributed by atoms with Gasteiger partial charge in [-0.05, 0) is 74.8 Å². The summed E-state index contributed by atoms with van der Waals surface area (Å²) < 4.78 is 14.1. The number of carbonyl (C=O) groups is 1. The highest BCUT2D eigenvalue weighted by molar-refractivity contribution is 6.31. The first-order valence-electron chi connectivity index (χ1n) is 14.5. The minimum Gasteiger partial charge on any atom is -0.473 e. The number of aromatic nitrogens is 4. The summed E-state index contributed by atoms with van der Waals surface area (Å²) in [5.74, 6) is 2.04. The number of benzene rings is 2. The van der Waals surface area contributed by atoms with Gasteiger partial charge in [-0.25, -0.2) is 9.97 Å². The van der Waals surface area contributed by atoms with E-state index in [2.05, 4.69) is 20.5 Å². The van der Waals surface area contributed by atoms with Crippen molar-refractivity contribution in [1.82, 2.24) is 24.4 Å². The molecule has 2 aliphatic rings. The fourth-order valence-corrected chi connectivity index (χ4v) is 6.17. The molecule has 8 nitrogen and oxygen atoms in total. The predicted octanol–water partition coefficient (Wildman–Crippen LogP) is 6.19. The van der Waals surface area contributed by atoms with Crippen LogP contribution in [-0.2, 0) is 24.4 Å². The van der Waals surface area contributed by atoms with Crippen molar-refractivity contribution in [2.45, 2.75) is 51.0 Å². The number of ether oxygens (including phenoxy) is 2. The Morgan fingerprint density at radius 3 is 2.69 bits per heavy atom. The molecule has 1 atom stereocenters. The van der Waals surface area contributed by atoms with Gasteiger partial charge in [0.25, 0.3) is 0 Å². The smallest absolute Gasteiger partial charge is 0.213 e. The quantitative estimate of drug-likeness (QED) is 0.192. The van der Waals surface area contributed by atoms with E-state index in [0.29, 0.717) is 29.0 Å². The monoisotopic (exact) mass is 581 g/mol. The molecule has 0 saturated carbocycles. The molecule has 2 aliphatic heterocycles. The average molecular weight is 582 g/mol. The number of hydrogen-bond donors (Lipinski definition) is 0. The van der Waals surface area contributed by atoms with Gasteiger partial charge in [-0.1, -0.05) is 23.7 Å². The number of nitrogens with zero attached hydrogens (tertiary/aromatic N) is 5. The van der Waals surface area contributed by atoms with Gasteiger partial charge in [-0.15, -0.1) is 0 Å². The molecular formula is C33H32ClN5O3. The van der Waals surface area contributed by atoms with Crippen LogP contribution in [-0.4, -0.2) is 56.5 Å². The molecule has 3 aromatic heterocycles. The molecule has 5 heterocycles. The van der Waals surface area contributed by atoms with Crippen molar-refractivity contribution in [3.05, 3.63) is 94.5 Å². The molecule has 0 amide bonds. The van der Waals surface area contributed by atoms with Crippen molar-refractivity contribution >= 4 is 39.8 Å². The first-order chi connectivity index (χ1) is 20.6. The lowest BCUT2D eigenvalue weighted by Gasteiger charge is -2.32. The Kier molecular flexibility index (Phi) is 7.59. The molecule has 0 N–H and O–H groups in total. The van der Waals surface area contributed by atoms with Crippen LogP contribution in [0.15, 0.2) is 66.9 Å². The minimum absolute atomic E-state index is 0.211. The lowest BCUT2D eigenvalue weighted by atomic mass is 9.93. The number of aldehydes is 1. The summed E-state index contributed by atoms with van der Waals surface area (Å²) in [6, 6.07) is 19.5. The van der Waals surface area contributed by atoms with Crippen LogP contribution >= 0.6 is 11.6 Å². The highest BCUT2D eigenvalue weighted by Gasteiger charge is 2.26.